The number of amides is 1. The third-order valence-electron chi connectivity index (χ3n) is 4.62. The average molecular weight is 390 g/mol. The second-order valence-electron chi connectivity index (χ2n) is 6.52. The lowest BCUT2D eigenvalue weighted by Gasteiger charge is -2.27. The summed E-state index contributed by atoms with van der Waals surface area (Å²) >= 11 is 1.90. The van der Waals surface area contributed by atoms with Crippen molar-refractivity contribution in [3.63, 3.8) is 0 Å². The van der Waals surface area contributed by atoms with E-state index in [1.54, 1.807) is 0 Å². The van der Waals surface area contributed by atoms with Gasteiger partial charge in [0.15, 0.2) is 0 Å². The number of carbonyl (C=O) groups is 1. The number of nitrogens with zero attached hydrogens (tertiary/aromatic N) is 1. The maximum Gasteiger partial charge on any atom is 0.257 e. The lowest BCUT2D eigenvalue weighted by atomic mass is 9.91. The number of hydrogen-bond donors (Lipinski definition) is 2. The molecule has 2 aliphatic rings. The fourth-order valence-electron chi connectivity index (χ4n) is 3.16. The van der Waals surface area contributed by atoms with Crippen molar-refractivity contribution in [1.82, 2.24) is 10.3 Å². The highest BCUT2D eigenvalue weighted by molar-refractivity contribution is 7.99. The third-order valence-corrected chi connectivity index (χ3v) is 5.66. The third kappa shape index (κ3) is 5.72. The molecule has 1 aliphatic carbocycles. The molecule has 2 heterocycles. The van der Waals surface area contributed by atoms with E-state index in [0.717, 1.165) is 56.2 Å². The lowest BCUT2D eigenvalue weighted by molar-refractivity contribution is 0.0915. The number of nitrogens with one attached hydrogen (secondary N) is 1. The molecule has 0 spiro atoms. The van der Waals surface area contributed by atoms with Gasteiger partial charge in [-0.1, -0.05) is 0 Å². The van der Waals surface area contributed by atoms with Crippen LogP contribution < -0.4 is 15.8 Å². The molecule has 0 unspecified atom stereocenters. The second-order valence-corrected chi connectivity index (χ2v) is 7.75. The van der Waals surface area contributed by atoms with Crippen LogP contribution in [0.1, 0.15) is 48.9 Å². The van der Waals surface area contributed by atoms with Crippen LogP contribution in [-0.2, 0) is 0 Å². The molecule has 25 heavy (non-hydrogen) atoms. The Balaban J connectivity index is 0.00000225. The van der Waals surface area contributed by atoms with Crippen molar-refractivity contribution in [2.45, 2.75) is 56.7 Å². The number of hydrogen-bond acceptors (Lipinski definition) is 5. The Labute approximate surface area is 158 Å². The standard InChI is InChI=1S/C17H24FN3O2S.ClH/c18-11-9-15(16(22)21-13-3-1-12(19)2-4-13)17(20-10-11)23-14-5-7-24-8-6-14;/h9-10,12-14H,1-8,19H2,(H,21,22);1H. The molecule has 1 aromatic heterocycles. The number of halogens is 2. The maximum atomic E-state index is 13.6. The van der Waals surface area contributed by atoms with E-state index < -0.39 is 5.82 Å². The topological polar surface area (TPSA) is 77.2 Å². The summed E-state index contributed by atoms with van der Waals surface area (Å²) in [5.74, 6) is 1.46. The minimum atomic E-state index is -0.530. The normalized spacial score (nSPS) is 24.2. The second kappa shape index (κ2) is 9.59. The number of aromatic nitrogens is 1. The van der Waals surface area contributed by atoms with E-state index in [1.807, 2.05) is 11.8 Å². The van der Waals surface area contributed by atoms with E-state index in [9.17, 15) is 9.18 Å². The minimum Gasteiger partial charge on any atom is -0.474 e. The number of carbonyl (C=O) groups excluding carboxylic acids is 1. The molecule has 3 N–H and O–H groups in total. The maximum absolute atomic E-state index is 13.6. The Bertz CT molecular complexity index is 579. The van der Waals surface area contributed by atoms with Crippen LogP contribution in [0.25, 0.3) is 0 Å². The molecular weight excluding hydrogens is 365 g/mol. The monoisotopic (exact) mass is 389 g/mol. The van der Waals surface area contributed by atoms with Crippen molar-refractivity contribution in [2.24, 2.45) is 5.73 Å². The summed E-state index contributed by atoms with van der Waals surface area (Å²) in [6.07, 6.45) is 6.49. The fraction of sp³-hybridized carbons (Fsp3) is 0.647. The lowest BCUT2D eigenvalue weighted by Crippen LogP contribution is -2.40. The van der Waals surface area contributed by atoms with Crippen LogP contribution >= 0.6 is 24.2 Å². The number of thioether (sulfide) groups is 1. The fourth-order valence-corrected chi connectivity index (χ4v) is 4.22. The average Bonchev–Trinajstić information content (AvgIpc) is 2.59. The first-order valence-corrected chi connectivity index (χ1v) is 9.73. The highest BCUT2D eigenvalue weighted by Gasteiger charge is 2.24. The van der Waals surface area contributed by atoms with E-state index in [0.29, 0.717) is 0 Å². The summed E-state index contributed by atoms with van der Waals surface area (Å²) in [5, 5.41) is 2.98. The van der Waals surface area contributed by atoms with Crippen LogP contribution in [0.3, 0.4) is 0 Å². The molecule has 0 aromatic carbocycles. The summed E-state index contributed by atoms with van der Waals surface area (Å²) in [4.78, 5) is 16.6. The smallest absolute Gasteiger partial charge is 0.257 e. The van der Waals surface area contributed by atoms with Crippen LogP contribution in [-0.4, -0.2) is 40.6 Å². The van der Waals surface area contributed by atoms with E-state index in [-0.39, 0.29) is 47.9 Å². The molecule has 0 atom stereocenters. The summed E-state index contributed by atoms with van der Waals surface area (Å²) in [7, 11) is 0. The van der Waals surface area contributed by atoms with E-state index in [1.165, 1.54) is 6.07 Å². The largest absolute Gasteiger partial charge is 0.474 e. The molecule has 0 radical (unpaired) electrons. The Morgan fingerprint density at radius 2 is 1.92 bits per heavy atom. The summed E-state index contributed by atoms with van der Waals surface area (Å²) < 4.78 is 19.5. The van der Waals surface area contributed by atoms with Gasteiger partial charge in [0.05, 0.1) is 6.20 Å². The van der Waals surface area contributed by atoms with Crippen LogP contribution in [0.15, 0.2) is 12.3 Å². The predicted molar refractivity (Wildman–Crippen MR) is 100 cm³/mol. The Morgan fingerprint density at radius 3 is 2.60 bits per heavy atom. The van der Waals surface area contributed by atoms with Gasteiger partial charge in [0, 0.05) is 12.1 Å². The molecule has 1 aliphatic heterocycles. The van der Waals surface area contributed by atoms with Gasteiger partial charge in [0.1, 0.15) is 17.5 Å². The Kier molecular flexibility index (Phi) is 7.78. The summed E-state index contributed by atoms with van der Waals surface area (Å²) in [6.45, 7) is 0. The quantitative estimate of drug-likeness (QED) is 0.827. The van der Waals surface area contributed by atoms with Crippen LogP contribution in [0.4, 0.5) is 4.39 Å². The van der Waals surface area contributed by atoms with Crippen molar-refractivity contribution in [2.75, 3.05) is 11.5 Å². The molecule has 140 valence electrons. The van der Waals surface area contributed by atoms with Crippen molar-refractivity contribution in [3.05, 3.63) is 23.6 Å². The molecule has 0 bridgehead atoms. The highest BCUT2D eigenvalue weighted by Crippen LogP contribution is 2.25. The zero-order valence-electron chi connectivity index (χ0n) is 14.1. The van der Waals surface area contributed by atoms with Gasteiger partial charge in [0.25, 0.3) is 5.91 Å². The molecule has 1 saturated heterocycles. The van der Waals surface area contributed by atoms with Crippen molar-refractivity contribution in [1.29, 1.82) is 0 Å². The molecular formula is C17H25ClFN3O2S. The van der Waals surface area contributed by atoms with E-state index >= 15 is 0 Å². The summed E-state index contributed by atoms with van der Waals surface area (Å²) in [6, 6.07) is 1.51. The van der Waals surface area contributed by atoms with Crippen molar-refractivity contribution >= 4 is 30.1 Å². The molecule has 1 saturated carbocycles. The molecule has 2 fully saturated rings. The number of pyridine rings is 1. The van der Waals surface area contributed by atoms with Gasteiger partial charge < -0.3 is 15.8 Å². The predicted octanol–water partition coefficient (Wildman–Crippen LogP) is 2.92. The SMILES string of the molecule is Cl.NC1CCC(NC(=O)c2cc(F)cnc2OC2CCSCC2)CC1. The first kappa shape index (κ1) is 20.3. The van der Waals surface area contributed by atoms with Gasteiger partial charge in [-0.25, -0.2) is 9.37 Å². The molecule has 1 amide bonds. The van der Waals surface area contributed by atoms with Gasteiger partial charge in [0.2, 0.25) is 5.88 Å². The van der Waals surface area contributed by atoms with E-state index in [2.05, 4.69) is 10.3 Å². The highest BCUT2D eigenvalue weighted by atomic mass is 35.5. The summed E-state index contributed by atoms with van der Waals surface area (Å²) in [5.41, 5.74) is 6.08. The minimum absolute atomic E-state index is 0. The zero-order chi connectivity index (χ0) is 16.9. The molecule has 5 nitrogen and oxygen atoms in total. The van der Waals surface area contributed by atoms with Crippen LogP contribution in [0.2, 0.25) is 0 Å². The number of rotatable bonds is 4. The number of nitrogens with two attached hydrogens (primary N) is 1. The molecule has 1 aromatic rings. The molecule has 8 heteroatoms. The van der Waals surface area contributed by atoms with Gasteiger partial charge in [-0.05, 0) is 56.1 Å². The number of ether oxygens (including phenoxy) is 1. The van der Waals surface area contributed by atoms with Gasteiger partial charge >= 0.3 is 0 Å². The Morgan fingerprint density at radius 1 is 1.24 bits per heavy atom. The van der Waals surface area contributed by atoms with Crippen LogP contribution in [0, 0.1) is 5.82 Å². The van der Waals surface area contributed by atoms with E-state index in [4.69, 9.17) is 10.5 Å². The first-order valence-electron chi connectivity index (χ1n) is 8.58. The van der Waals surface area contributed by atoms with Crippen LogP contribution in [0.5, 0.6) is 5.88 Å². The van der Waals surface area contributed by atoms with Crippen molar-refractivity contribution < 1.29 is 13.9 Å². The van der Waals surface area contributed by atoms with Gasteiger partial charge in [-0.15, -0.1) is 12.4 Å². The van der Waals surface area contributed by atoms with Crippen molar-refractivity contribution in [3.8, 4) is 5.88 Å². The first-order chi connectivity index (χ1) is 11.6. The zero-order valence-corrected chi connectivity index (χ0v) is 15.7. The molecule has 3 rings (SSSR count). The van der Waals surface area contributed by atoms with Gasteiger partial charge in [-0.3, -0.25) is 4.79 Å². The van der Waals surface area contributed by atoms with Gasteiger partial charge in [-0.2, -0.15) is 11.8 Å². The Hall–Kier alpha value is -1.05.